The molecule has 1 aliphatic heterocycles. The van der Waals surface area contributed by atoms with Gasteiger partial charge in [0, 0.05) is 6.54 Å². The van der Waals surface area contributed by atoms with Crippen LogP contribution in [0.25, 0.3) is 11.0 Å². The number of anilines is 1. The van der Waals surface area contributed by atoms with E-state index in [0.29, 0.717) is 24.5 Å². The van der Waals surface area contributed by atoms with Gasteiger partial charge in [0.1, 0.15) is 5.75 Å². The number of nitrogens with zero attached hydrogens (tertiary/aromatic N) is 3. The molecule has 0 fully saturated rings. The smallest absolute Gasteiger partial charge is 0.321 e. The molecular formula is C27H25N3O4. The topological polar surface area (TPSA) is 84.7 Å². The van der Waals surface area contributed by atoms with Crippen molar-refractivity contribution in [3.8, 4) is 5.75 Å². The van der Waals surface area contributed by atoms with Crippen LogP contribution in [0.1, 0.15) is 24.1 Å². The van der Waals surface area contributed by atoms with Gasteiger partial charge >= 0.3 is 5.97 Å². The molecule has 1 aliphatic rings. The summed E-state index contributed by atoms with van der Waals surface area (Å²) in [4.78, 5) is 33.5. The molecule has 1 amide bonds. The highest BCUT2D eigenvalue weighted by Gasteiger charge is 2.47. The fourth-order valence-corrected chi connectivity index (χ4v) is 4.65. The van der Waals surface area contributed by atoms with E-state index in [1.165, 1.54) is 0 Å². The first-order valence-corrected chi connectivity index (χ1v) is 11.4. The van der Waals surface area contributed by atoms with Gasteiger partial charge in [-0.2, -0.15) is 0 Å². The number of hydrogen-bond acceptors (Lipinski definition) is 5. The van der Waals surface area contributed by atoms with Crippen molar-refractivity contribution in [3.05, 3.63) is 90.0 Å². The van der Waals surface area contributed by atoms with Gasteiger partial charge in [0.25, 0.3) is 0 Å². The molecule has 34 heavy (non-hydrogen) atoms. The van der Waals surface area contributed by atoms with E-state index < -0.39 is 17.9 Å². The lowest BCUT2D eigenvalue weighted by atomic mass is 9.89. The zero-order valence-electron chi connectivity index (χ0n) is 18.8. The van der Waals surface area contributed by atoms with Crippen LogP contribution < -0.4 is 4.90 Å². The first-order valence-electron chi connectivity index (χ1n) is 11.4. The van der Waals surface area contributed by atoms with E-state index in [9.17, 15) is 14.7 Å². The summed E-state index contributed by atoms with van der Waals surface area (Å²) in [5.41, 5.74) is 3.25. The Hall–Kier alpha value is -4.13. The monoisotopic (exact) mass is 455 g/mol. The lowest BCUT2D eigenvalue weighted by molar-refractivity contribution is -0.153. The van der Waals surface area contributed by atoms with E-state index in [1.54, 1.807) is 30.0 Å². The first kappa shape index (κ1) is 21.7. The Morgan fingerprint density at radius 3 is 2.56 bits per heavy atom. The van der Waals surface area contributed by atoms with Crippen molar-refractivity contribution in [2.24, 2.45) is 5.92 Å². The van der Waals surface area contributed by atoms with Gasteiger partial charge in [-0.15, -0.1) is 0 Å². The van der Waals surface area contributed by atoms with Gasteiger partial charge in [-0.3, -0.25) is 14.5 Å². The SMILES string of the molecule is CCOC(=O)[C@@H]1C(=O)N(CCc2ccccc2)c2nc3ccccc3n2[C@@H]1c1cccc(O)c1. The molecule has 4 aromatic rings. The van der Waals surface area contributed by atoms with Gasteiger partial charge in [-0.25, -0.2) is 4.98 Å². The third-order valence-corrected chi connectivity index (χ3v) is 6.16. The standard InChI is InChI=1S/C27H25N3O4/c1-2-34-26(33)23-24(19-11-8-12-20(31)17-19)30-22-14-7-6-13-21(22)28-27(30)29(25(23)32)16-15-18-9-4-3-5-10-18/h3-14,17,23-24,31H,2,15-16H2,1H3/t23-,24+/m0/s1. The molecule has 0 aliphatic carbocycles. The number of ether oxygens (including phenoxy) is 1. The Labute approximate surface area is 197 Å². The van der Waals surface area contributed by atoms with Crippen LogP contribution in [0, 0.1) is 5.92 Å². The molecule has 172 valence electrons. The summed E-state index contributed by atoms with van der Waals surface area (Å²) in [7, 11) is 0. The van der Waals surface area contributed by atoms with Crippen LogP contribution in [0.4, 0.5) is 5.95 Å². The number of aromatic hydroxyl groups is 1. The molecule has 0 radical (unpaired) electrons. The van der Waals surface area contributed by atoms with Gasteiger partial charge in [0.05, 0.1) is 23.7 Å². The number of aromatic nitrogens is 2. The maximum atomic E-state index is 13.9. The van der Waals surface area contributed by atoms with Gasteiger partial charge in [0.15, 0.2) is 5.92 Å². The highest BCUT2D eigenvalue weighted by Crippen LogP contribution is 2.41. The van der Waals surface area contributed by atoms with E-state index in [2.05, 4.69) is 0 Å². The number of imidazole rings is 1. The third kappa shape index (κ3) is 3.79. The Balaban J connectivity index is 1.69. The number of phenolic OH excluding ortho intramolecular Hbond substituents is 1. The van der Waals surface area contributed by atoms with Crippen LogP contribution >= 0.6 is 0 Å². The van der Waals surface area contributed by atoms with Crippen molar-refractivity contribution < 1.29 is 19.4 Å². The normalized spacial score (nSPS) is 17.6. The number of fused-ring (bicyclic) bond motifs is 3. The number of para-hydroxylation sites is 2. The summed E-state index contributed by atoms with van der Waals surface area (Å²) < 4.78 is 7.29. The van der Waals surface area contributed by atoms with Crippen molar-refractivity contribution in [2.45, 2.75) is 19.4 Å². The predicted octanol–water partition coefficient (Wildman–Crippen LogP) is 4.10. The number of carbonyl (C=O) groups excluding carboxylic acids is 2. The van der Waals surface area contributed by atoms with Crippen LogP contribution in [0.15, 0.2) is 78.9 Å². The Bertz CT molecular complexity index is 1350. The van der Waals surface area contributed by atoms with Crippen molar-refractivity contribution >= 4 is 28.9 Å². The molecule has 0 bridgehead atoms. The van der Waals surface area contributed by atoms with E-state index >= 15 is 0 Å². The van der Waals surface area contributed by atoms with Crippen LogP contribution in [0.5, 0.6) is 5.75 Å². The average molecular weight is 456 g/mol. The van der Waals surface area contributed by atoms with Crippen molar-refractivity contribution in [1.29, 1.82) is 0 Å². The Morgan fingerprint density at radius 2 is 1.79 bits per heavy atom. The zero-order chi connectivity index (χ0) is 23.7. The third-order valence-electron chi connectivity index (χ3n) is 6.16. The fraction of sp³-hybridized carbons (Fsp3) is 0.222. The van der Waals surface area contributed by atoms with Gasteiger partial charge in [-0.1, -0.05) is 54.6 Å². The summed E-state index contributed by atoms with van der Waals surface area (Å²) in [6.07, 6.45) is 0.613. The lowest BCUT2D eigenvalue weighted by Gasteiger charge is -2.38. The molecule has 0 unspecified atom stereocenters. The molecule has 0 saturated carbocycles. The highest BCUT2D eigenvalue weighted by molar-refractivity contribution is 6.08. The molecule has 5 rings (SSSR count). The minimum atomic E-state index is -1.11. The van der Waals surface area contributed by atoms with Gasteiger partial charge < -0.3 is 14.4 Å². The molecule has 7 nitrogen and oxygen atoms in total. The number of carbonyl (C=O) groups is 2. The summed E-state index contributed by atoms with van der Waals surface area (Å²) in [5, 5.41) is 10.2. The van der Waals surface area contributed by atoms with Gasteiger partial charge in [0.2, 0.25) is 11.9 Å². The number of phenols is 1. The molecule has 1 aromatic heterocycles. The predicted molar refractivity (Wildman–Crippen MR) is 129 cm³/mol. The average Bonchev–Trinajstić information content (AvgIpc) is 3.22. The molecule has 0 spiro atoms. The van der Waals surface area contributed by atoms with Crippen LogP contribution in [0.2, 0.25) is 0 Å². The summed E-state index contributed by atoms with van der Waals surface area (Å²) in [6, 6.07) is 23.5. The van der Waals surface area contributed by atoms with E-state index in [0.717, 1.165) is 16.6 Å². The van der Waals surface area contributed by atoms with E-state index in [1.807, 2.05) is 65.2 Å². The number of esters is 1. The largest absolute Gasteiger partial charge is 0.508 e. The van der Waals surface area contributed by atoms with Crippen molar-refractivity contribution in [3.63, 3.8) is 0 Å². The quantitative estimate of drug-likeness (QED) is 0.350. The molecule has 1 N–H and O–H groups in total. The number of hydrogen-bond donors (Lipinski definition) is 1. The maximum Gasteiger partial charge on any atom is 0.321 e. The van der Waals surface area contributed by atoms with Crippen LogP contribution in [-0.2, 0) is 20.7 Å². The first-order chi connectivity index (χ1) is 16.6. The highest BCUT2D eigenvalue weighted by atomic mass is 16.5. The van der Waals surface area contributed by atoms with Crippen LogP contribution in [0.3, 0.4) is 0 Å². The van der Waals surface area contributed by atoms with Crippen molar-refractivity contribution in [1.82, 2.24) is 9.55 Å². The number of benzene rings is 3. The van der Waals surface area contributed by atoms with Crippen LogP contribution in [-0.4, -0.2) is 39.7 Å². The Morgan fingerprint density at radius 1 is 1.03 bits per heavy atom. The summed E-state index contributed by atoms with van der Waals surface area (Å²) in [6.45, 7) is 2.26. The van der Waals surface area contributed by atoms with E-state index in [-0.39, 0.29) is 18.3 Å². The minimum Gasteiger partial charge on any atom is -0.508 e. The lowest BCUT2D eigenvalue weighted by Crippen LogP contribution is -2.50. The minimum absolute atomic E-state index is 0.0602. The number of amides is 1. The van der Waals surface area contributed by atoms with Crippen molar-refractivity contribution in [2.75, 3.05) is 18.1 Å². The zero-order valence-corrected chi connectivity index (χ0v) is 18.8. The molecule has 7 heteroatoms. The summed E-state index contributed by atoms with van der Waals surface area (Å²) in [5.74, 6) is -1.51. The summed E-state index contributed by atoms with van der Waals surface area (Å²) >= 11 is 0. The Kier molecular flexibility index (Phi) is 5.76. The second kappa shape index (κ2) is 9.02. The molecule has 2 heterocycles. The molecule has 2 atom stereocenters. The molecule has 0 saturated heterocycles. The number of rotatable bonds is 6. The fourth-order valence-electron chi connectivity index (χ4n) is 4.65. The second-order valence-corrected chi connectivity index (χ2v) is 8.27. The second-order valence-electron chi connectivity index (χ2n) is 8.27. The van der Waals surface area contributed by atoms with E-state index in [4.69, 9.17) is 9.72 Å². The molecule has 3 aromatic carbocycles. The van der Waals surface area contributed by atoms with Gasteiger partial charge in [-0.05, 0) is 48.7 Å². The molecular weight excluding hydrogens is 430 g/mol. The maximum absolute atomic E-state index is 13.9.